The molecule has 1 fully saturated rings. The fraction of sp³-hybridized carbons (Fsp3) is 0.273. The lowest BCUT2D eigenvalue weighted by atomic mass is 10.1. The van der Waals surface area contributed by atoms with Gasteiger partial charge < -0.3 is 19.7 Å². The maximum Gasteiger partial charge on any atom is 0.407 e. The number of imidazole rings is 1. The van der Waals surface area contributed by atoms with E-state index in [1.165, 1.54) is 12.5 Å². The molecule has 0 unspecified atom stereocenters. The number of fused-ring (bicyclic) bond motifs is 1. The smallest absolute Gasteiger partial charge is 0.407 e. The van der Waals surface area contributed by atoms with Gasteiger partial charge in [-0.15, -0.1) is 0 Å². The Morgan fingerprint density at radius 2 is 2.14 bits per heavy atom. The van der Waals surface area contributed by atoms with Crippen molar-refractivity contribution in [2.45, 2.75) is 25.3 Å². The summed E-state index contributed by atoms with van der Waals surface area (Å²) in [6.07, 6.45) is 4.35. The van der Waals surface area contributed by atoms with Crippen LogP contribution in [0.2, 0.25) is 0 Å². The Morgan fingerprint density at radius 3 is 2.83 bits per heavy atom. The van der Waals surface area contributed by atoms with Crippen LogP contribution in [-0.2, 0) is 4.79 Å². The molecule has 4 aromatic rings. The summed E-state index contributed by atoms with van der Waals surface area (Å²) in [7, 11) is 0. The Balaban J connectivity index is 1.60. The molecule has 1 saturated heterocycles. The van der Waals surface area contributed by atoms with Crippen LogP contribution in [0, 0.1) is 6.92 Å². The van der Waals surface area contributed by atoms with Gasteiger partial charge in [0.1, 0.15) is 17.6 Å². The molecule has 1 atom stereocenters. The number of hydrogen-bond acceptors (Lipinski definition) is 8. The van der Waals surface area contributed by atoms with Crippen LogP contribution >= 0.6 is 0 Å². The summed E-state index contributed by atoms with van der Waals surface area (Å²) in [6.45, 7) is 0.528. The van der Waals surface area contributed by atoms with Crippen molar-refractivity contribution in [3.63, 3.8) is 0 Å². The number of aryl methyl sites for hydroxylation is 1. The van der Waals surface area contributed by atoms with Crippen molar-refractivity contribution < 1.29 is 27.9 Å². The molecule has 12 nitrogen and oxygen atoms in total. The van der Waals surface area contributed by atoms with Crippen molar-refractivity contribution in [3.05, 3.63) is 42.7 Å². The van der Waals surface area contributed by atoms with Crippen LogP contribution in [0.25, 0.3) is 28.5 Å². The molecule has 186 valence electrons. The Bertz CT molecular complexity index is 1460. The number of aromatic nitrogens is 5. The number of likely N-dealkylation sites (tertiary alicyclic amines) is 1. The third-order valence-corrected chi connectivity index (χ3v) is 5.93. The Hall–Kier alpha value is -4.62. The first-order chi connectivity index (χ1) is 17.2. The molecule has 0 radical (unpaired) electrons. The number of halogens is 2. The number of carbonyl (C=O) groups excluding carboxylic acids is 1. The van der Waals surface area contributed by atoms with Gasteiger partial charge in [-0.2, -0.15) is 0 Å². The number of nitrogens with two attached hydrogens (primary N) is 1. The molecule has 14 heteroatoms. The zero-order chi connectivity index (χ0) is 25.6. The first-order valence-corrected chi connectivity index (χ1v) is 10.8. The van der Waals surface area contributed by atoms with Gasteiger partial charge in [0.05, 0.1) is 18.8 Å². The first kappa shape index (κ1) is 23.1. The lowest BCUT2D eigenvalue weighted by Gasteiger charge is -2.26. The van der Waals surface area contributed by atoms with Crippen LogP contribution in [0.3, 0.4) is 0 Å². The van der Waals surface area contributed by atoms with Crippen LogP contribution in [0.4, 0.5) is 25.2 Å². The molecule has 5 rings (SSSR count). The molecule has 3 N–H and O–H groups in total. The predicted octanol–water partition coefficient (Wildman–Crippen LogP) is 2.69. The maximum atomic E-state index is 14.0. The highest BCUT2D eigenvalue weighted by molar-refractivity contribution is 5.84. The third kappa shape index (κ3) is 4.06. The van der Waals surface area contributed by atoms with Gasteiger partial charge in [0.25, 0.3) is 5.92 Å². The van der Waals surface area contributed by atoms with Gasteiger partial charge >= 0.3 is 6.09 Å². The van der Waals surface area contributed by atoms with Crippen LogP contribution in [0.5, 0.6) is 0 Å². The number of nitrogen functional groups attached to an aromatic ring is 1. The van der Waals surface area contributed by atoms with Crippen molar-refractivity contribution >= 4 is 29.8 Å². The second-order valence-electron chi connectivity index (χ2n) is 8.39. The number of hydrogen-bond donors (Lipinski definition) is 2. The molecule has 0 aromatic carbocycles. The largest absolute Gasteiger partial charge is 0.465 e. The summed E-state index contributed by atoms with van der Waals surface area (Å²) in [4.78, 5) is 42.5. The van der Waals surface area contributed by atoms with Gasteiger partial charge in [-0.3, -0.25) is 14.6 Å². The van der Waals surface area contributed by atoms with Crippen LogP contribution < -0.4 is 10.6 Å². The van der Waals surface area contributed by atoms with Crippen molar-refractivity contribution in [2.75, 3.05) is 23.7 Å². The monoisotopic (exact) mass is 498 g/mol. The lowest BCUT2D eigenvalue weighted by molar-refractivity contribution is -0.107. The van der Waals surface area contributed by atoms with Gasteiger partial charge in [0.2, 0.25) is 12.3 Å². The van der Waals surface area contributed by atoms with E-state index in [9.17, 15) is 23.5 Å². The van der Waals surface area contributed by atoms with Gasteiger partial charge in [-0.05, 0) is 19.1 Å². The van der Waals surface area contributed by atoms with Gasteiger partial charge in [-0.1, -0.05) is 0 Å². The van der Waals surface area contributed by atoms with E-state index in [0.29, 0.717) is 22.5 Å². The van der Waals surface area contributed by atoms with E-state index in [0.717, 1.165) is 10.6 Å². The molecule has 0 spiro atoms. The summed E-state index contributed by atoms with van der Waals surface area (Å²) in [5.41, 5.74) is 8.71. The van der Waals surface area contributed by atoms with E-state index in [4.69, 9.17) is 10.2 Å². The van der Waals surface area contributed by atoms with Gasteiger partial charge in [-0.25, -0.2) is 33.5 Å². The average molecular weight is 498 g/mol. The van der Waals surface area contributed by atoms with E-state index >= 15 is 0 Å². The minimum Gasteiger partial charge on any atom is -0.465 e. The van der Waals surface area contributed by atoms with E-state index < -0.39 is 31.0 Å². The number of rotatable bonds is 6. The number of pyridine rings is 1. The lowest BCUT2D eigenvalue weighted by Crippen LogP contribution is -2.43. The number of oxazole rings is 1. The maximum absolute atomic E-state index is 14.0. The molecule has 0 aliphatic carbocycles. The number of amides is 2. The van der Waals surface area contributed by atoms with E-state index in [-0.39, 0.29) is 35.5 Å². The molecule has 0 bridgehead atoms. The van der Waals surface area contributed by atoms with E-state index in [1.807, 2.05) is 11.3 Å². The van der Waals surface area contributed by atoms with Crippen molar-refractivity contribution in [2.24, 2.45) is 0 Å². The van der Waals surface area contributed by atoms with Crippen molar-refractivity contribution in [3.8, 4) is 22.8 Å². The fourth-order valence-electron chi connectivity index (χ4n) is 4.28. The quantitative estimate of drug-likeness (QED) is 0.382. The average Bonchev–Trinajstić information content (AvgIpc) is 3.57. The molecule has 36 heavy (non-hydrogen) atoms. The minimum atomic E-state index is -3.22. The van der Waals surface area contributed by atoms with Crippen LogP contribution in [0.1, 0.15) is 12.1 Å². The number of anilines is 2. The van der Waals surface area contributed by atoms with Crippen LogP contribution in [-0.4, -0.2) is 71.9 Å². The highest BCUT2D eigenvalue weighted by Gasteiger charge is 2.48. The SMILES string of the molecule is Cc1cnc2ccc(-c3nc(N(C=O)C[C@@H]4CC(F)(F)CN4C(=O)O)c(N)nc3-c3ncco3)cn12. The first-order valence-electron chi connectivity index (χ1n) is 10.8. The molecular formula is C22H20F2N8O4. The Morgan fingerprint density at radius 1 is 1.33 bits per heavy atom. The van der Waals surface area contributed by atoms with Gasteiger partial charge in [0, 0.05) is 36.6 Å². The normalized spacial score (nSPS) is 17.0. The highest BCUT2D eigenvalue weighted by Crippen LogP contribution is 2.35. The highest BCUT2D eigenvalue weighted by atomic mass is 19.3. The van der Waals surface area contributed by atoms with E-state index in [2.05, 4.69) is 19.9 Å². The second-order valence-corrected chi connectivity index (χ2v) is 8.39. The Labute approximate surface area is 202 Å². The standard InChI is InChI=1S/C22H20F2N8O4/c1-12-7-27-15-3-2-13(8-31(12)15)16-17(20-26-4-5-36-20)28-18(25)19(29-16)30(11-33)9-14-6-22(23,24)10-32(14)21(34)35/h2-5,7-8,11,14H,6,9-10H2,1H3,(H2,25,28)(H,34,35)/t14-/m0/s1. The summed E-state index contributed by atoms with van der Waals surface area (Å²) in [5, 5.41) is 9.36. The second kappa shape index (κ2) is 8.55. The number of alkyl halides is 2. The summed E-state index contributed by atoms with van der Waals surface area (Å²) >= 11 is 0. The topological polar surface area (TPSA) is 156 Å². The minimum absolute atomic E-state index is 0.113. The molecule has 2 amide bonds. The van der Waals surface area contributed by atoms with Crippen molar-refractivity contribution in [1.82, 2.24) is 29.2 Å². The molecule has 0 saturated carbocycles. The number of carbonyl (C=O) groups is 2. The fourth-order valence-corrected chi connectivity index (χ4v) is 4.28. The molecule has 1 aliphatic rings. The van der Waals surface area contributed by atoms with Crippen molar-refractivity contribution in [1.29, 1.82) is 0 Å². The molecule has 5 heterocycles. The Kier molecular flexibility index (Phi) is 5.50. The molecule has 4 aromatic heterocycles. The summed E-state index contributed by atoms with van der Waals surface area (Å²) < 4.78 is 35.2. The summed E-state index contributed by atoms with van der Waals surface area (Å²) in [5.74, 6) is -3.39. The van der Waals surface area contributed by atoms with Crippen LogP contribution in [0.15, 0.2) is 41.4 Å². The predicted molar refractivity (Wildman–Crippen MR) is 122 cm³/mol. The van der Waals surface area contributed by atoms with E-state index in [1.54, 1.807) is 24.5 Å². The third-order valence-electron chi connectivity index (χ3n) is 5.93. The number of carboxylic acid groups (broad SMARTS) is 1. The summed E-state index contributed by atoms with van der Waals surface area (Å²) in [6, 6.07) is 2.35. The zero-order valence-corrected chi connectivity index (χ0v) is 18.9. The zero-order valence-electron chi connectivity index (χ0n) is 18.9. The molecule has 1 aliphatic heterocycles. The molecular weight excluding hydrogens is 478 g/mol. The van der Waals surface area contributed by atoms with Gasteiger partial charge in [0.15, 0.2) is 17.3 Å². The number of nitrogens with zero attached hydrogens (tertiary/aromatic N) is 7.